The molecule has 2 aromatic rings. The summed E-state index contributed by atoms with van der Waals surface area (Å²) in [4.78, 5) is 10.6. The van der Waals surface area contributed by atoms with Gasteiger partial charge in [0.1, 0.15) is 0 Å². The van der Waals surface area contributed by atoms with E-state index in [1.165, 1.54) is 11.1 Å². The summed E-state index contributed by atoms with van der Waals surface area (Å²) in [6.45, 7) is 4.74. The fourth-order valence-corrected chi connectivity index (χ4v) is 2.67. The zero-order valence-corrected chi connectivity index (χ0v) is 13.6. The first-order valence-electron chi connectivity index (χ1n) is 6.78. The zero-order chi connectivity index (χ0) is 15.4. The predicted octanol–water partition coefficient (Wildman–Crippen LogP) is 4.84. The molecule has 1 N–H and O–H groups in total. The minimum Gasteiger partial charge on any atom is -0.381 e. The van der Waals surface area contributed by atoms with Crippen LogP contribution < -0.4 is 5.32 Å². The molecular formula is C16H17BrN2O2. The molecule has 21 heavy (non-hydrogen) atoms. The van der Waals surface area contributed by atoms with Crippen LogP contribution in [0.25, 0.3) is 0 Å². The van der Waals surface area contributed by atoms with Gasteiger partial charge in [-0.25, -0.2) is 0 Å². The number of benzene rings is 2. The van der Waals surface area contributed by atoms with Gasteiger partial charge in [0.15, 0.2) is 0 Å². The molecular weight excluding hydrogens is 332 g/mol. The van der Waals surface area contributed by atoms with Crippen LogP contribution in [-0.2, 0) is 13.0 Å². The summed E-state index contributed by atoms with van der Waals surface area (Å²) in [6, 6.07) is 11.4. The maximum absolute atomic E-state index is 11.0. The second-order valence-corrected chi connectivity index (χ2v) is 5.71. The summed E-state index contributed by atoms with van der Waals surface area (Å²) >= 11 is 3.20. The maximum atomic E-state index is 11.0. The van der Waals surface area contributed by atoms with E-state index in [1.54, 1.807) is 12.1 Å². The van der Waals surface area contributed by atoms with Crippen molar-refractivity contribution >= 4 is 27.3 Å². The van der Waals surface area contributed by atoms with Gasteiger partial charge >= 0.3 is 0 Å². The molecule has 2 aromatic carbocycles. The normalized spacial score (nSPS) is 10.4. The van der Waals surface area contributed by atoms with Crippen molar-refractivity contribution in [2.75, 3.05) is 5.32 Å². The lowest BCUT2D eigenvalue weighted by atomic mass is 10.1. The molecule has 0 aliphatic carbocycles. The molecule has 0 unspecified atom stereocenters. The summed E-state index contributed by atoms with van der Waals surface area (Å²) in [5.74, 6) is 0. The molecule has 0 heterocycles. The summed E-state index contributed by atoms with van der Waals surface area (Å²) in [5.41, 5.74) is 4.53. The fraction of sp³-hybridized carbons (Fsp3) is 0.250. The van der Waals surface area contributed by atoms with Crippen molar-refractivity contribution in [1.82, 2.24) is 0 Å². The van der Waals surface area contributed by atoms with Gasteiger partial charge in [-0.1, -0.05) is 31.2 Å². The first-order chi connectivity index (χ1) is 10.0. The van der Waals surface area contributed by atoms with E-state index >= 15 is 0 Å². The van der Waals surface area contributed by atoms with Crippen molar-refractivity contribution in [2.24, 2.45) is 0 Å². The van der Waals surface area contributed by atoms with E-state index in [0.717, 1.165) is 17.7 Å². The number of nitrogens with zero attached hydrogens (tertiary/aromatic N) is 1. The number of nitro groups is 1. The number of hydrogen-bond acceptors (Lipinski definition) is 3. The fourth-order valence-electron chi connectivity index (χ4n) is 2.27. The molecule has 0 saturated carbocycles. The average molecular weight is 349 g/mol. The number of aryl methyl sites for hydroxylation is 2. The Morgan fingerprint density at radius 1 is 1.29 bits per heavy atom. The summed E-state index contributed by atoms with van der Waals surface area (Å²) in [6.07, 6.45) is 0.949. The third kappa shape index (κ3) is 3.61. The third-order valence-electron chi connectivity index (χ3n) is 3.42. The monoisotopic (exact) mass is 348 g/mol. The molecule has 0 saturated heterocycles. The molecule has 4 nitrogen and oxygen atoms in total. The highest BCUT2D eigenvalue weighted by Gasteiger charge is 2.12. The van der Waals surface area contributed by atoms with Gasteiger partial charge in [0.2, 0.25) is 0 Å². The molecule has 0 aromatic heterocycles. The number of para-hydroxylation sites is 1. The SMILES string of the molecule is CCc1cccc(C)c1NCc1ccc(Br)c([N+](=O)[O-])c1. The van der Waals surface area contributed by atoms with Crippen molar-refractivity contribution in [3.63, 3.8) is 0 Å². The molecule has 0 spiro atoms. The Morgan fingerprint density at radius 2 is 2.05 bits per heavy atom. The summed E-state index contributed by atoms with van der Waals surface area (Å²) in [7, 11) is 0. The molecule has 0 fully saturated rings. The van der Waals surface area contributed by atoms with Crippen molar-refractivity contribution in [1.29, 1.82) is 0 Å². The van der Waals surface area contributed by atoms with Gasteiger partial charge in [-0.3, -0.25) is 10.1 Å². The first kappa shape index (κ1) is 15.5. The highest BCUT2D eigenvalue weighted by molar-refractivity contribution is 9.10. The van der Waals surface area contributed by atoms with Crippen LogP contribution in [0.5, 0.6) is 0 Å². The summed E-state index contributed by atoms with van der Waals surface area (Å²) in [5, 5.41) is 14.4. The van der Waals surface area contributed by atoms with Crippen LogP contribution >= 0.6 is 15.9 Å². The van der Waals surface area contributed by atoms with Crippen LogP contribution in [0.3, 0.4) is 0 Å². The molecule has 110 valence electrons. The Balaban J connectivity index is 2.21. The van der Waals surface area contributed by atoms with E-state index in [1.807, 2.05) is 12.1 Å². The van der Waals surface area contributed by atoms with Crippen molar-refractivity contribution in [3.05, 3.63) is 67.7 Å². The minimum absolute atomic E-state index is 0.0924. The van der Waals surface area contributed by atoms with Crippen LogP contribution in [0.2, 0.25) is 0 Å². The third-order valence-corrected chi connectivity index (χ3v) is 4.09. The lowest BCUT2D eigenvalue weighted by Crippen LogP contribution is -2.04. The van der Waals surface area contributed by atoms with Crippen molar-refractivity contribution < 1.29 is 4.92 Å². The Hall–Kier alpha value is -1.88. The highest BCUT2D eigenvalue weighted by atomic mass is 79.9. The van der Waals surface area contributed by atoms with E-state index in [2.05, 4.69) is 47.2 Å². The topological polar surface area (TPSA) is 55.2 Å². The van der Waals surface area contributed by atoms with Gasteiger partial charge in [-0.2, -0.15) is 0 Å². The van der Waals surface area contributed by atoms with Gasteiger partial charge in [-0.15, -0.1) is 0 Å². The van der Waals surface area contributed by atoms with E-state index in [4.69, 9.17) is 0 Å². The maximum Gasteiger partial charge on any atom is 0.283 e. The van der Waals surface area contributed by atoms with Crippen LogP contribution in [0.1, 0.15) is 23.6 Å². The number of nitro benzene ring substituents is 1. The van der Waals surface area contributed by atoms with Crippen molar-refractivity contribution in [2.45, 2.75) is 26.8 Å². The smallest absolute Gasteiger partial charge is 0.283 e. The van der Waals surface area contributed by atoms with Crippen LogP contribution in [-0.4, -0.2) is 4.92 Å². The Kier molecular flexibility index (Phi) is 4.96. The molecule has 0 amide bonds. The molecule has 5 heteroatoms. The standard InChI is InChI=1S/C16H17BrN2O2/c1-3-13-6-4-5-11(2)16(13)18-10-12-7-8-14(17)15(9-12)19(20)21/h4-9,18H,3,10H2,1-2H3. The minimum atomic E-state index is -0.376. The zero-order valence-electron chi connectivity index (χ0n) is 12.0. The second kappa shape index (κ2) is 6.72. The summed E-state index contributed by atoms with van der Waals surface area (Å²) < 4.78 is 0.501. The van der Waals surface area contributed by atoms with E-state index in [9.17, 15) is 10.1 Å². The van der Waals surface area contributed by atoms with Gasteiger partial charge in [0.05, 0.1) is 9.40 Å². The number of anilines is 1. The highest BCUT2D eigenvalue weighted by Crippen LogP contribution is 2.27. The van der Waals surface area contributed by atoms with Gasteiger partial charge in [0.25, 0.3) is 5.69 Å². The van der Waals surface area contributed by atoms with Crippen LogP contribution in [0.15, 0.2) is 40.9 Å². The quantitative estimate of drug-likeness (QED) is 0.621. The van der Waals surface area contributed by atoms with Crippen molar-refractivity contribution in [3.8, 4) is 0 Å². The predicted molar refractivity (Wildman–Crippen MR) is 88.7 cm³/mol. The molecule has 0 radical (unpaired) electrons. The largest absolute Gasteiger partial charge is 0.381 e. The van der Waals surface area contributed by atoms with Gasteiger partial charge in [0, 0.05) is 18.3 Å². The van der Waals surface area contributed by atoms with E-state index < -0.39 is 0 Å². The number of nitrogens with one attached hydrogen (secondary N) is 1. The van der Waals surface area contributed by atoms with Gasteiger partial charge in [-0.05, 0) is 52.0 Å². The first-order valence-corrected chi connectivity index (χ1v) is 7.57. The Labute approximate surface area is 132 Å². The molecule has 0 bridgehead atoms. The number of rotatable bonds is 5. The lowest BCUT2D eigenvalue weighted by molar-refractivity contribution is -0.385. The number of hydrogen-bond donors (Lipinski definition) is 1. The molecule has 2 rings (SSSR count). The van der Waals surface area contributed by atoms with E-state index in [-0.39, 0.29) is 10.6 Å². The van der Waals surface area contributed by atoms with Crippen LogP contribution in [0, 0.1) is 17.0 Å². The van der Waals surface area contributed by atoms with E-state index in [0.29, 0.717) is 11.0 Å². The molecule has 0 aliphatic heterocycles. The molecule has 0 aliphatic rings. The van der Waals surface area contributed by atoms with Crippen LogP contribution in [0.4, 0.5) is 11.4 Å². The lowest BCUT2D eigenvalue weighted by Gasteiger charge is -2.14. The Bertz CT molecular complexity index is 671. The average Bonchev–Trinajstić information content (AvgIpc) is 2.46. The molecule has 0 atom stereocenters. The van der Waals surface area contributed by atoms with Gasteiger partial charge < -0.3 is 5.32 Å². The Morgan fingerprint density at radius 3 is 2.71 bits per heavy atom. The number of halogens is 1. The second-order valence-electron chi connectivity index (χ2n) is 4.86.